The number of benzene rings is 2. The fraction of sp³-hybridized carbons (Fsp3) is 0.208. The molecule has 6 nitrogen and oxygen atoms in total. The van der Waals surface area contributed by atoms with Gasteiger partial charge in [-0.25, -0.2) is 4.39 Å². The molecule has 0 bridgehead atoms. The SMILES string of the molecule is Cc1cn[nH]c1Cc1ccc(Cc2[nH]nc(C(=O)NCc3ccc(Cl)cc3F)c2C(F)(F)F)cc1. The van der Waals surface area contributed by atoms with E-state index in [0.29, 0.717) is 12.0 Å². The number of aromatic nitrogens is 4. The summed E-state index contributed by atoms with van der Waals surface area (Å²) in [4.78, 5) is 12.5. The minimum atomic E-state index is -4.82. The number of aromatic amines is 2. The average molecular weight is 506 g/mol. The molecular formula is C24H20ClF4N5O. The largest absolute Gasteiger partial charge is 0.420 e. The molecule has 0 spiro atoms. The van der Waals surface area contributed by atoms with Gasteiger partial charge in [-0.3, -0.25) is 15.0 Å². The van der Waals surface area contributed by atoms with Crippen molar-refractivity contribution in [3.8, 4) is 0 Å². The summed E-state index contributed by atoms with van der Waals surface area (Å²) in [6.45, 7) is 1.61. The van der Waals surface area contributed by atoms with E-state index in [2.05, 4.69) is 25.7 Å². The van der Waals surface area contributed by atoms with Crippen molar-refractivity contribution < 1.29 is 22.4 Å². The fourth-order valence-electron chi connectivity index (χ4n) is 3.64. The number of carbonyl (C=O) groups excluding carboxylic acids is 1. The van der Waals surface area contributed by atoms with Gasteiger partial charge in [-0.15, -0.1) is 0 Å². The van der Waals surface area contributed by atoms with E-state index < -0.39 is 29.2 Å². The van der Waals surface area contributed by atoms with Gasteiger partial charge in [-0.05, 0) is 35.7 Å². The lowest BCUT2D eigenvalue weighted by Gasteiger charge is -2.11. The van der Waals surface area contributed by atoms with E-state index in [1.54, 1.807) is 18.3 Å². The molecule has 4 rings (SSSR count). The number of rotatable bonds is 7. The Morgan fingerprint density at radius 1 is 1.03 bits per heavy atom. The van der Waals surface area contributed by atoms with Crippen LogP contribution < -0.4 is 5.32 Å². The van der Waals surface area contributed by atoms with Crippen LogP contribution in [-0.2, 0) is 25.6 Å². The third-order valence-corrected chi connectivity index (χ3v) is 5.75. The Balaban J connectivity index is 1.50. The summed E-state index contributed by atoms with van der Waals surface area (Å²) in [7, 11) is 0. The zero-order valence-corrected chi connectivity index (χ0v) is 19.2. The number of aryl methyl sites for hydroxylation is 1. The number of H-pyrrole nitrogens is 2. The number of amides is 1. The quantitative estimate of drug-likeness (QED) is 0.295. The summed E-state index contributed by atoms with van der Waals surface area (Å²) >= 11 is 5.69. The molecule has 0 aliphatic heterocycles. The van der Waals surface area contributed by atoms with E-state index in [1.807, 2.05) is 19.1 Å². The number of halogens is 5. The topological polar surface area (TPSA) is 86.5 Å². The highest BCUT2D eigenvalue weighted by molar-refractivity contribution is 6.30. The molecule has 3 N–H and O–H groups in total. The molecular weight excluding hydrogens is 486 g/mol. The van der Waals surface area contributed by atoms with Crippen molar-refractivity contribution in [2.24, 2.45) is 0 Å². The van der Waals surface area contributed by atoms with Crippen molar-refractivity contribution in [1.82, 2.24) is 25.7 Å². The van der Waals surface area contributed by atoms with E-state index >= 15 is 0 Å². The number of carbonyl (C=O) groups is 1. The molecule has 2 heterocycles. The first kappa shape index (κ1) is 24.5. The van der Waals surface area contributed by atoms with Gasteiger partial charge in [0.05, 0.1) is 11.9 Å². The highest BCUT2D eigenvalue weighted by Crippen LogP contribution is 2.35. The monoisotopic (exact) mass is 505 g/mol. The predicted molar refractivity (Wildman–Crippen MR) is 122 cm³/mol. The van der Waals surface area contributed by atoms with Gasteiger partial charge < -0.3 is 5.32 Å². The average Bonchev–Trinajstić information content (AvgIpc) is 3.40. The molecule has 1 amide bonds. The molecule has 0 saturated heterocycles. The maximum absolute atomic E-state index is 13.9. The Bertz CT molecular complexity index is 1340. The molecule has 35 heavy (non-hydrogen) atoms. The second kappa shape index (κ2) is 9.91. The maximum atomic E-state index is 13.9. The van der Waals surface area contributed by atoms with Crippen molar-refractivity contribution in [2.45, 2.75) is 32.5 Å². The summed E-state index contributed by atoms with van der Waals surface area (Å²) < 4.78 is 55.5. The van der Waals surface area contributed by atoms with Crippen LogP contribution >= 0.6 is 11.6 Å². The molecule has 0 saturated carbocycles. The van der Waals surface area contributed by atoms with Crippen LogP contribution in [0.1, 0.15) is 49.7 Å². The zero-order valence-electron chi connectivity index (χ0n) is 18.4. The van der Waals surface area contributed by atoms with E-state index in [9.17, 15) is 22.4 Å². The second-order valence-corrected chi connectivity index (χ2v) is 8.48. The van der Waals surface area contributed by atoms with Crippen LogP contribution in [0.3, 0.4) is 0 Å². The summed E-state index contributed by atoms with van der Waals surface area (Å²) in [5, 5.41) is 15.3. The van der Waals surface area contributed by atoms with Crippen LogP contribution in [0.4, 0.5) is 17.6 Å². The predicted octanol–water partition coefficient (Wildman–Crippen LogP) is 5.36. The third-order valence-electron chi connectivity index (χ3n) is 5.51. The highest BCUT2D eigenvalue weighted by atomic mass is 35.5. The highest BCUT2D eigenvalue weighted by Gasteiger charge is 2.40. The lowest BCUT2D eigenvalue weighted by molar-refractivity contribution is -0.138. The first-order valence-electron chi connectivity index (χ1n) is 10.5. The van der Waals surface area contributed by atoms with E-state index in [-0.39, 0.29) is 29.2 Å². The van der Waals surface area contributed by atoms with Gasteiger partial charge in [0.15, 0.2) is 5.69 Å². The van der Waals surface area contributed by atoms with E-state index in [1.165, 1.54) is 12.1 Å². The van der Waals surface area contributed by atoms with Crippen molar-refractivity contribution in [2.75, 3.05) is 0 Å². The Labute approximate surface area is 202 Å². The lowest BCUT2D eigenvalue weighted by atomic mass is 10.0. The maximum Gasteiger partial charge on any atom is 0.420 e. The standard InChI is InChI=1S/C24H20ClF4N5O/c1-13-11-31-32-19(13)8-14-2-4-15(5-3-14)9-20-21(24(27,28)29)22(34-33-20)23(35)30-12-16-6-7-17(25)10-18(16)26/h2-7,10-11H,8-9,12H2,1H3,(H,30,35)(H,31,32)(H,33,34). The molecule has 0 fully saturated rings. The van der Waals surface area contributed by atoms with E-state index in [4.69, 9.17) is 11.6 Å². The Hall–Kier alpha value is -3.66. The van der Waals surface area contributed by atoms with Gasteiger partial charge in [0.25, 0.3) is 5.91 Å². The second-order valence-electron chi connectivity index (χ2n) is 8.04. The number of hydrogen-bond donors (Lipinski definition) is 3. The minimum Gasteiger partial charge on any atom is -0.346 e. The van der Waals surface area contributed by atoms with Gasteiger partial charge in [0.1, 0.15) is 11.4 Å². The molecule has 0 aliphatic rings. The summed E-state index contributed by atoms with van der Waals surface area (Å²) in [6.07, 6.45) is -2.59. The van der Waals surface area contributed by atoms with Crippen LogP contribution in [0.2, 0.25) is 5.02 Å². The minimum absolute atomic E-state index is 0.0810. The molecule has 4 aromatic rings. The molecule has 0 unspecified atom stereocenters. The van der Waals surface area contributed by atoms with Crippen LogP contribution in [0.25, 0.3) is 0 Å². The molecule has 182 valence electrons. The summed E-state index contributed by atoms with van der Waals surface area (Å²) in [6, 6.07) is 10.9. The van der Waals surface area contributed by atoms with Crippen molar-refractivity contribution in [1.29, 1.82) is 0 Å². The van der Waals surface area contributed by atoms with Crippen molar-refractivity contribution in [3.63, 3.8) is 0 Å². The van der Waals surface area contributed by atoms with Gasteiger partial charge >= 0.3 is 6.18 Å². The number of alkyl halides is 3. The molecule has 0 atom stereocenters. The van der Waals surface area contributed by atoms with Gasteiger partial charge in [-0.1, -0.05) is 41.9 Å². The number of hydrogen-bond acceptors (Lipinski definition) is 3. The molecule has 0 aliphatic carbocycles. The summed E-state index contributed by atoms with van der Waals surface area (Å²) in [5.41, 5.74) is 1.45. The zero-order chi connectivity index (χ0) is 25.2. The van der Waals surface area contributed by atoms with Crippen LogP contribution in [0.15, 0.2) is 48.7 Å². The van der Waals surface area contributed by atoms with Crippen molar-refractivity contribution in [3.05, 3.63) is 104 Å². The first-order chi connectivity index (χ1) is 16.6. The Morgan fingerprint density at radius 3 is 2.26 bits per heavy atom. The molecule has 0 radical (unpaired) electrons. The Morgan fingerprint density at radius 2 is 1.69 bits per heavy atom. The van der Waals surface area contributed by atoms with Crippen LogP contribution in [-0.4, -0.2) is 26.3 Å². The lowest BCUT2D eigenvalue weighted by Crippen LogP contribution is -2.26. The third kappa shape index (κ3) is 5.71. The first-order valence-corrected chi connectivity index (χ1v) is 10.9. The molecule has 11 heteroatoms. The Kier molecular flexibility index (Phi) is 6.93. The van der Waals surface area contributed by atoms with Crippen LogP contribution in [0.5, 0.6) is 0 Å². The molecule has 2 aromatic heterocycles. The summed E-state index contributed by atoms with van der Waals surface area (Å²) in [5.74, 6) is -1.75. The normalized spacial score (nSPS) is 11.6. The van der Waals surface area contributed by atoms with E-state index in [0.717, 1.165) is 22.9 Å². The van der Waals surface area contributed by atoms with Crippen molar-refractivity contribution >= 4 is 17.5 Å². The van der Waals surface area contributed by atoms with Gasteiger partial charge in [-0.2, -0.15) is 23.4 Å². The fourth-order valence-corrected chi connectivity index (χ4v) is 3.79. The molecule has 2 aromatic carbocycles. The van der Waals surface area contributed by atoms with Crippen LogP contribution in [0, 0.1) is 12.7 Å². The smallest absolute Gasteiger partial charge is 0.346 e. The van der Waals surface area contributed by atoms with Gasteiger partial charge in [0.2, 0.25) is 0 Å². The number of nitrogens with one attached hydrogen (secondary N) is 3. The number of nitrogens with zero attached hydrogens (tertiary/aromatic N) is 2. The van der Waals surface area contributed by atoms with Gasteiger partial charge in [0, 0.05) is 35.7 Å².